The Kier molecular flexibility index (Phi) is 6.32. The van der Waals surface area contributed by atoms with Crippen molar-refractivity contribution < 1.29 is 9.53 Å². The van der Waals surface area contributed by atoms with Crippen LogP contribution in [0, 0.1) is 5.92 Å². The average Bonchev–Trinajstić information content (AvgIpc) is 2.76. The maximum atomic E-state index is 12.2. The van der Waals surface area contributed by atoms with Crippen LogP contribution in [0.25, 0.3) is 0 Å². The molecule has 2 heterocycles. The second-order valence-corrected chi connectivity index (χ2v) is 8.40. The molecule has 134 valence electrons. The van der Waals surface area contributed by atoms with Crippen molar-refractivity contribution in [1.82, 2.24) is 15.1 Å². The Morgan fingerprint density at radius 3 is 2.65 bits per heavy atom. The van der Waals surface area contributed by atoms with Crippen LogP contribution in [-0.2, 0) is 4.74 Å². The van der Waals surface area contributed by atoms with Crippen molar-refractivity contribution >= 4 is 6.09 Å². The Balaban J connectivity index is 1.69. The number of likely N-dealkylation sites (N-methyl/N-ethyl adjacent to an activating group) is 1. The van der Waals surface area contributed by atoms with Gasteiger partial charge < -0.3 is 19.9 Å². The van der Waals surface area contributed by atoms with Crippen molar-refractivity contribution in [3.05, 3.63) is 0 Å². The minimum Gasteiger partial charge on any atom is -0.444 e. The molecule has 0 spiro atoms. The van der Waals surface area contributed by atoms with Gasteiger partial charge in [0.1, 0.15) is 5.60 Å². The highest BCUT2D eigenvalue weighted by atomic mass is 16.6. The summed E-state index contributed by atoms with van der Waals surface area (Å²) in [5.41, 5.74) is -0.406. The summed E-state index contributed by atoms with van der Waals surface area (Å²) < 4.78 is 5.50. The van der Waals surface area contributed by atoms with Gasteiger partial charge in [-0.25, -0.2) is 4.79 Å². The number of hydrogen-bond acceptors (Lipinski definition) is 4. The summed E-state index contributed by atoms with van der Waals surface area (Å²) in [7, 11) is 2.20. The Bertz CT molecular complexity index is 384. The third-order valence-corrected chi connectivity index (χ3v) is 5.04. The maximum Gasteiger partial charge on any atom is 0.410 e. The zero-order valence-corrected chi connectivity index (χ0v) is 15.6. The van der Waals surface area contributed by atoms with E-state index < -0.39 is 5.60 Å². The Labute approximate surface area is 141 Å². The molecule has 23 heavy (non-hydrogen) atoms. The zero-order chi connectivity index (χ0) is 17.0. The highest BCUT2D eigenvalue weighted by Crippen LogP contribution is 2.22. The number of amides is 1. The lowest BCUT2D eigenvalue weighted by Gasteiger charge is -2.34. The van der Waals surface area contributed by atoms with E-state index in [-0.39, 0.29) is 6.09 Å². The van der Waals surface area contributed by atoms with Crippen LogP contribution >= 0.6 is 0 Å². The van der Waals surface area contributed by atoms with E-state index in [0.717, 1.165) is 39.0 Å². The van der Waals surface area contributed by atoms with Gasteiger partial charge in [0.15, 0.2) is 0 Å². The highest BCUT2D eigenvalue weighted by Gasteiger charge is 2.28. The van der Waals surface area contributed by atoms with Crippen molar-refractivity contribution in [1.29, 1.82) is 0 Å². The number of ether oxygens (including phenoxy) is 1. The quantitative estimate of drug-likeness (QED) is 0.863. The normalized spacial score (nSPS) is 29.8. The number of nitrogens with one attached hydrogen (secondary N) is 1. The van der Waals surface area contributed by atoms with Crippen LogP contribution < -0.4 is 5.32 Å². The molecule has 2 saturated heterocycles. The summed E-state index contributed by atoms with van der Waals surface area (Å²) in [6.45, 7) is 12.0. The molecule has 2 rings (SSSR count). The number of carbonyl (C=O) groups excluding carboxylic acids is 1. The van der Waals surface area contributed by atoms with E-state index in [1.165, 1.54) is 12.8 Å². The molecule has 2 fully saturated rings. The van der Waals surface area contributed by atoms with Gasteiger partial charge in [0.2, 0.25) is 0 Å². The van der Waals surface area contributed by atoms with Gasteiger partial charge in [-0.15, -0.1) is 0 Å². The monoisotopic (exact) mass is 325 g/mol. The van der Waals surface area contributed by atoms with Gasteiger partial charge in [-0.1, -0.05) is 0 Å². The summed E-state index contributed by atoms with van der Waals surface area (Å²) >= 11 is 0. The van der Waals surface area contributed by atoms with Crippen LogP contribution in [0.3, 0.4) is 0 Å². The van der Waals surface area contributed by atoms with Crippen molar-refractivity contribution in [2.45, 2.75) is 71.1 Å². The Morgan fingerprint density at radius 1 is 1.30 bits per heavy atom. The standard InChI is InChI=1S/C18H35N3O2/c1-14-11-16(13-20(14)5)19-9-8-15-7-6-10-21(12-15)17(22)23-18(2,3)4/h14-16,19H,6-13H2,1-5H3. The van der Waals surface area contributed by atoms with E-state index in [1.54, 1.807) is 0 Å². The smallest absolute Gasteiger partial charge is 0.410 e. The minimum absolute atomic E-state index is 0.151. The van der Waals surface area contributed by atoms with Crippen LogP contribution in [0.5, 0.6) is 0 Å². The minimum atomic E-state index is -0.406. The van der Waals surface area contributed by atoms with Crippen molar-refractivity contribution in [2.75, 3.05) is 33.2 Å². The first kappa shape index (κ1) is 18.5. The molecule has 2 aliphatic heterocycles. The van der Waals surface area contributed by atoms with Gasteiger partial charge in [-0.3, -0.25) is 0 Å². The first-order chi connectivity index (χ1) is 10.7. The Morgan fingerprint density at radius 2 is 2.04 bits per heavy atom. The second-order valence-electron chi connectivity index (χ2n) is 8.40. The molecular weight excluding hydrogens is 290 g/mol. The van der Waals surface area contributed by atoms with Gasteiger partial charge in [0.05, 0.1) is 0 Å². The Hall–Kier alpha value is -0.810. The SMILES string of the molecule is CC1CC(NCCC2CCCN(C(=O)OC(C)(C)C)C2)CN1C. The lowest BCUT2D eigenvalue weighted by molar-refractivity contribution is 0.0161. The molecule has 3 atom stereocenters. The van der Waals surface area contributed by atoms with Gasteiger partial charge in [-0.2, -0.15) is 0 Å². The van der Waals surface area contributed by atoms with E-state index in [1.807, 2.05) is 25.7 Å². The van der Waals surface area contributed by atoms with E-state index >= 15 is 0 Å². The number of likely N-dealkylation sites (tertiary alicyclic amines) is 2. The van der Waals surface area contributed by atoms with Crippen LogP contribution in [0.1, 0.15) is 53.4 Å². The molecule has 0 aromatic heterocycles. The van der Waals surface area contributed by atoms with Crippen molar-refractivity contribution in [3.8, 4) is 0 Å². The summed E-state index contributed by atoms with van der Waals surface area (Å²) in [4.78, 5) is 16.5. The molecular formula is C18H35N3O2. The third kappa shape index (κ3) is 5.96. The van der Waals surface area contributed by atoms with Gasteiger partial charge in [0.25, 0.3) is 0 Å². The van der Waals surface area contributed by atoms with Crippen LogP contribution in [-0.4, -0.2) is 66.8 Å². The largest absolute Gasteiger partial charge is 0.444 e. The van der Waals surface area contributed by atoms with Gasteiger partial charge in [0, 0.05) is 31.7 Å². The first-order valence-corrected chi connectivity index (χ1v) is 9.16. The second kappa shape index (κ2) is 7.84. The topological polar surface area (TPSA) is 44.8 Å². The molecule has 1 amide bonds. The number of carbonyl (C=O) groups is 1. The molecule has 0 saturated carbocycles. The molecule has 3 unspecified atom stereocenters. The van der Waals surface area contributed by atoms with E-state index in [2.05, 4.69) is 24.2 Å². The fourth-order valence-corrected chi connectivity index (χ4v) is 3.63. The van der Waals surface area contributed by atoms with E-state index in [0.29, 0.717) is 18.0 Å². The van der Waals surface area contributed by atoms with E-state index in [4.69, 9.17) is 4.74 Å². The predicted octanol–water partition coefficient (Wildman–Crippen LogP) is 2.71. The summed E-state index contributed by atoms with van der Waals surface area (Å²) in [6.07, 6.45) is 4.55. The molecule has 5 nitrogen and oxygen atoms in total. The van der Waals surface area contributed by atoms with E-state index in [9.17, 15) is 4.79 Å². The summed E-state index contributed by atoms with van der Waals surface area (Å²) in [6, 6.07) is 1.31. The molecule has 0 aromatic rings. The molecule has 5 heteroatoms. The molecule has 0 aliphatic carbocycles. The fraction of sp³-hybridized carbons (Fsp3) is 0.944. The lowest BCUT2D eigenvalue weighted by atomic mass is 9.95. The van der Waals surface area contributed by atoms with Crippen molar-refractivity contribution in [3.63, 3.8) is 0 Å². The number of hydrogen-bond donors (Lipinski definition) is 1. The number of rotatable bonds is 4. The third-order valence-electron chi connectivity index (χ3n) is 5.04. The van der Waals surface area contributed by atoms with Crippen LogP contribution in [0.4, 0.5) is 4.79 Å². The first-order valence-electron chi connectivity index (χ1n) is 9.16. The van der Waals surface area contributed by atoms with Crippen LogP contribution in [0.15, 0.2) is 0 Å². The number of nitrogens with zero attached hydrogens (tertiary/aromatic N) is 2. The fourth-order valence-electron chi connectivity index (χ4n) is 3.63. The zero-order valence-electron chi connectivity index (χ0n) is 15.6. The molecule has 0 bridgehead atoms. The highest BCUT2D eigenvalue weighted by molar-refractivity contribution is 5.68. The molecule has 0 radical (unpaired) electrons. The lowest BCUT2D eigenvalue weighted by Crippen LogP contribution is -2.43. The molecule has 2 aliphatic rings. The maximum absolute atomic E-state index is 12.2. The average molecular weight is 325 g/mol. The summed E-state index contributed by atoms with van der Waals surface area (Å²) in [5.74, 6) is 0.598. The number of piperidine rings is 1. The predicted molar refractivity (Wildman–Crippen MR) is 93.6 cm³/mol. The molecule has 1 N–H and O–H groups in total. The molecule has 0 aromatic carbocycles. The van der Waals surface area contributed by atoms with Gasteiger partial charge >= 0.3 is 6.09 Å². The summed E-state index contributed by atoms with van der Waals surface area (Å²) in [5, 5.41) is 3.70. The van der Waals surface area contributed by atoms with Crippen molar-refractivity contribution in [2.24, 2.45) is 5.92 Å². The van der Waals surface area contributed by atoms with Gasteiger partial charge in [-0.05, 0) is 72.9 Å². The van der Waals surface area contributed by atoms with Crippen LogP contribution in [0.2, 0.25) is 0 Å².